The van der Waals surface area contributed by atoms with E-state index in [1.165, 1.54) is 4.90 Å². The monoisotopic (exact) mass is 353 g/mol. The quantitative estimate of drug-likeness (QED) is 0.755. The van der Waals surface area contributed by atoms with Gasteiger partial charge in [-0.25, -0.2) is 9.69 Å². The van der Waals surface area contributed by atoms with E-state index in [1.54, 1.807) is 51.9 Å². The van der Waals surface area contributed by atoms with Gasteiger partial charge in [-0.15, -0.1) is 0 Å². The van der Waals surface area contributed by atoms with Crippen molar-refractivity contribution in [2.75, 3.05) is 24.5 Å². The molecule has 2 aliphatic rings. The molecule has 1 aromatic heterocycles. The van der Waals surface area contributed by atoms with Crippen molar-refractivity contribution < 1.29 is 14.4 Å². The molecule has 0 aliphatic carbocycles. The zero-order valence-corrected chi connectivity index (χ0v) is 14.6. The standard InChI is InChI=1S/C18H19N5O3/c1-12-10-14(20(2)19-12)16(24)21-8-9-22-15(11-21)17(25)23(18(22)26)13-6-4-3-5-7-13/h3-7,10,15H,8-9,11H2,1-2H3. The number of carbonyl (C=O) groups excluding carboxylic acids is 3. The lowest BCUT2D eigenvalue weighted by molar-refractivity contribution is -0.120. The summed E-state index contributed by atoms with van der Waals surface area (Å²) < 4.78 is 1.54. The fourth-order valence-electron chi connectivity index (χ4n) is 3.57. The first kappa shape index (κ1) is 16.3. The number of piperazine rings is 1. The Hall–Kier alpha value is -3.16. The van der Waals surface area contributed by atoms with Crippen LogP contribution in [-0.4, -0.2) is 63.1 Å². The van der Waals surface area contributed by atoms with Gasteiger partial charge in [-0.2, -0.15) is 5.10 Å². The SMILES string of the molecule is Cc1cc(C(=O)N2CCN3C(=O)N(c4ccccc4)C(=O)C3C2)n(C)n1. The van der Waals surface area contributed by atoms with E-state index in [-0.39, 0.29) is 24.4 Å². The molecule has 8 nitrogen and oxygen atoms in total. The molecule has 2 saturated heterocycles. The number of nitrogens with zero attached hydrogens (tertiary/aromatic N) is 5. The molecule has 0 radical (unpaired) electrons. The van der Waals surface area contributed by atoms with Crippen molar-refractivity contribution in [3.63, 3.8) is 0 Å². The first-order chi connectivity index (χ1) is 12.5. The second-order valence-electron chi connectivity index (χ2n) is 6.55. The van der Waals surface area contributed by atoms with Gasteiger partial charge in [-0.05, 0) is 25.1 Å². The minimum atomic E-state index is -0.644. The topological polar surface area (TPSA) is 78.8 Å². The number of fused-ring (bicyclic) bond motifs is 1. The lowest BCUT2D eigenvalue weighted by Crippen LogP contribution is -2.54. The third-order valence-corrected chi connectivity index (χ3v) is 4.85. The van der Waals surface area contributed by atoms with Crippen molar-refractivity contribution >= 4 is 23.5 Å². The summed E-state index contributed by atoms with van der Waals surface area (Å²) in [4.78, 5) is 42.7. The number of imide groups is 1. The fraction of sp³-hybridized carbons (Fsp3) is 0.333. The fourth-order valence-corrected chi connectivity index (χ4v) is 3.57. The molecule has 2 aromatic rings. The van der Waals surface area contributed by atoms with Crippen molar-refractivity contribution in [2.45, 2.75) is 13.0 Å². The smallest absolute Gasteiger partial charge is 0.332 e. The molecule has 0 N–H and O–H groups in total. The van der Waals surface area contributed by atoms with E-state index in [0.29, 0.717) is 24.5 Å². The van der Waals surface area contributed by atoms with Crippen LogP contribution < -0.4 is 4.90 Å². The Labute approximate surface area is 150 Å². The molecule has 0 saturated carbocycles. The van der Waals surface area contributed by atoms with Crippen LogP contribution in [0.1, 0.15) is 16.2 Å². The number of amides is 4. The number of anilines is 1. The molecule has 2 aliphatic heterocycles. The Balaban J connectivity index is 1.57. The Bertz CT molecular complexity index is 891. The minimum Gasteiger partial charge on any atom is -0.333 e. The average molecular weight is 353 g/mol. The molecule has 4 rings (SSSR count). The van der Waals surface area contributed by atoms with Crippen LogP contribution in [0.15, 0.2) is 36.4 Å². The molecular weight excluding hydrogens is 334 g/mol. The van der Waals surface area contributed by atoms with Gasteiger partial charge in [-0.3, -0.25) is 14.3 Å². The summed E-state index contributed by atoms with van der Waals surface area (Å²) in [6.07, 6.45) is 0. The van der Waals surface area contributed by atoms with Gasteiger partial charge in [0.05, 0.1) is 17.9 Å². The van der Waals surface area contributed by atoms with Gasteiger partial charge in [-0.1, -0.05) is 18.2 Å². The molecule has 1 unspecified atom stereocenters. The van der Waals surface area contributed by atoms with Gasteiger partial charge in [0.25, 0.3) is 11.8 Å². The highest BCUT2D eigenvalue weighted by Gasteiger charge is 2.49. The third-order valence-electron chi connectivity index (χ3n) is 4.85. The molecule has 0 bridgehead atoms. The Morgan fingerprint density at radius 1 is 1.15 bits per heavy atom. The van der Waals surface area contributed by atoms with Crippen LogP contribution in [-0.2, 0) is 11.8 Å². The number of rotatable bonds is 2. The van der Waals surface area contributed by atoms with E-state index in [9.17, 15) is 14.4 Å². The summed E-state index contributed by atoms with van der Waals surface area (Å²) in [5.41, 5.74) is 1.79. The average Bonchev–Trinajstić information content (AvgIpc) is 3.11. The minimum absolute atomic E-state index is 0.175. The predicted octanol–water partition coefficient (Wildman–Crippen LogP) is 1.02. The maximum absolute atomic E-state index is 12.8. The first-order valence-corrected chi connectivity index (χ1v) is 8.47. The number of aromatic nitrogens is 2. The number of para-hydroxylation sites is 1. The van der Waals surface area contributed by atoms with Crippen molar-refractivity contribution in [3.05, 3.63) is 47.8 Å². The summed E-state index contributed by atoms with van der Waals surface area (Å²) in [7, 11) is 1.72. The summed E-state index contributed by atoms with van der Waals surface area (Å²) in [6.45, 7) is 2.74. The van der Waals surface area contributed by atoms with E-state index in [1.807, 2.05) is 13.0 Å². The normalized spacial score (nSPS) is 19.9. The molecule has 134 valence electrons. The third kappa shape index (κ3) is 2.45. The van der Waals surface area contributed by atoms with Gasteiger partial charge in [0.2, 0.25) is 0 Å². The number of hydrogen-bond acceptors (Lipinski definition) is 4. The van der Waals surface area contributed by atoms with E-state index in [4.69, 9.17) is 0 Å². The number of benzene rings is 1. The van der Waals surface area contributed by atoms with Crippen molar-refractivity contribution in [1.29, 1.82) is 0 Å². The van der Waals surface area contributed by atoms with Crippen LogP contribution in [0.25, 0.3) is 0 Å². The highest BCUT2D eigenvalue weighted by molar-refractivity contribution is 6.21. The van der Waals surface area contributed by atoms with Crippen molar-refractivity contribution in [3.8, 4) is 0 Å². The molecule has 1 atom stereocenters. The number of carbonyl (C=O) groups is 3. The van der Waals surface area contributed by atoms with Gasteiger partial charge in [0.15, 0.2) is 0 Å². The zero-order chi connectivity index (χ0) is 18.4. The van der Waals surface area contributed by atoms with E-state index in [0.717, 1.165) is 5.69 Å². The Morgan fingerprint density at radius 3 is 2.54 bits per heavy atom. The second kappa shape index (κ2) is 5.98. The van der Waals surface area contributed by atoms with Crippen molar-refractivity contribution in [2.24, 2.45) is 7.05 Å². The van der Waals surface area contributed by atoms with Crippen molar-refractivity contribution in [1.82, 2.24) is 19.6 Å². The molecule has 8 heteroatoms. The summed E-state index contributed by atoms with van der Waals surface area (Å²) in [6, 6.07) is 9.63. The highest BCUT2D eigenvalue weighted by Crippen LogP contribution is 2.27. The second-order valence-corrected chi connectivity index (χ2v) is 6.55. The first-order valence-electron chi connectivity index (χ1n) is 8.47. The van der Waals surface area contributed by atoms with Crippen LogP contribution in [0.4, 0.5) is 10.5 Å². The van der Waals surface area contributed by atoms with Crippen LogP contribution in [0.5, 0.6) is 0 Å². The maximum atomic E-state index is 12.8. The lowest BCUT2D eigenvalue weighted by Gasteiger charge is -2.35. The zero-order valence-electron chi connectivity index (χ0n) is 14.6. The van der Waals surface area contributed by atoms with E-state index in [2.05, 4.69) is 5.10 Å². The molecular formula is C18H19N5O3. The largest absolute Gasteiger partial charge is 0.333 e. The van der Waals surface area contributed by atoms with Crippen LogP contribution in [0.2, 0.25) is 0 Å². The van der Waals surface area contributed by atoms with Gasteiger partial charge < -0.3 is 9.80 Å². The van der Waals surface area contributed by atoms with E-state index >= 15 is 0 Å². The number of aryl methyl sites for hydroxylation is 2. The Morgan fingerprint density at radius 2 is 1.88 bits per heavy atom. The highest BCUT2D eigenvalue weighted by atomic mass is 16.2. The molecule has 26 heavy (non-hydrogen) atoms. The molecule has 3 heterocycles. The maximum Gasteiger partial charge on any atom is 0.332 e. The predicted molar refractivity (Wildman–Crippen MR) is 93.7 cm³/mol. The molecule has 1 aromatic carbocycles. The number of urea groups is 1. The summed E-state index contributed by atoms with van der Waals surface area (Å²) in [5.74, 6) is -0.467. The molecule has 0 spiro atoms. The van der Waals surface area contributed by atoms with Crippen LogP contribution in [0.3, 0.4) is 0 Å². The summed E-state index contributed by atoms with van der Waals surface area (Å²) >= 11 is 0. The molecule has 4 amide bonds. The van der Waals surface area contributed by atoms with Crippen LogP contribution >= 0.6 is 0 Å². The van der Waals surface area contributed by atoms with Gasteiger partial charge in [0, 0.05) is 20.1 Å². The summed E-state index contributed by atoms with van der Waals surface area (Å²) in [5, 5.41) is 4.20. The van der Waals surface area contributed by atoms with Gasteiger partial charge >= 0.3 is 6.03 Å². The van der Waals surface area contributed by atoms with Crippen LogP contribution in [0, 0.1) is 6.92 Å². The van der Waals surface area contributed by atoms with E-state index < -0.39 is 6.04 Å². The van der Waals surface area contributed by atoms with Gasteiger partial charge in [0.1, 0.15) is 11.7 Å². The number of hydrogen-bond donors (Lipinski definition) is 0. The Kier molecular flexibility index (Phi) is 3.75. The molecule has 2 fully saturated rings. The lowest BCUT2D eigenvalue weighted by atomic mass is 10.1.